The van der Waals surface area contributed by atoms with Gasteiger partial charge in [0.2, 0.25) is 3.79 Å². The van der Waals surface area contributed by atoms with Crippen LogP contribution >= 0.6 is 34.2 Å². The standard InChI is InChI=1S/C8H8ClIN2O/c1-2-11-6-3-5(8(10)13)4-12-7(6)9/h2,4-5,11H,1,3H2. The smallest absolute Gasteiger partial charge is 0.201 e. The molecule has 0 spiro atoms. The average molecular weight is 311 g/mol. The van der Waals surface area contributed by atoms with E-state index in [9.17, 15) is 4.79 Å². The highest BCUT2D eigenvalue weighted by atomic mass is 127. The van der Waals surface area contributed by atoms with E-state index in [0.29, 0.717) is 11.6 Å². The van der Waals surface area contributed by atoms with Crippen molar-refractivity contribution in [2.45, 2.75) is 6.42 Å². The highest BCUT2D eigenvalue weighted by Crippen LogP contribution is 2.23. The van der Waals surface area contributed by atoms with E-state index < -0.39 is 0 Å². The molecule has 3 nitrogen and oxygen atoms in total. The lowest BCUT2D eigenvalue weighted by Crippen LogP contribution is -2.19. The lowest BCUT2D eigenvalue weighted by Gasteiger charge is -2.16. The van der Waals surface area contributed by atoms with Gasteiger partial charge in [-0.3, -0.25) is 4.79 Å². The van der Waals surface area contributed by atoms with E-state index >= 15 is 0 Å². The zero-order valence-corrected chi connectivity index (χ0v) is 9.67. The molecule has 1 heterocycles. The molecule has 1 rings (SSSR count). The minimum absolute atomic E-state index is 0.0638. The van der Waals surface area contributed by atoms with Crippen LogP contribution in [0.2, 0.25) is 0 Å². The molecule has 1 unspecified atom stereocenters. The molecule has 70 valence electrons. The number of carbonyl (C=O) groups excluding carboxylic acids is 1. The van der Waals surface area contributed by atoms with Crippen molar-refractivity contribution in [3.05, 3.63) is 23.6 Å². The first-order valence-electron chi connectivity index (χ1n) is 3.64. The number of hydrogen-bond acceptors (Lipinski definition) is 3. The molecule has 0 aromatic rings. The van der Waals surface area contributed by atoms with Gasteiger partial charge in [-0.05, 0) is 6.20 Å². The normalized spacial score (nSPS) is 21.5. The number of nitrogens with one attached hydrogen (secondary N) is 1. The first-order valence-corrected chi connectivity index (χ1v) is 5.10. The third kappa shape index (κ3) is 2.80. The molecular formula is C8H8ClIN2O. The Hall–Kier alpha value is -0.360. The van der Waals surface area contributed by atoms with Crippen molar-refractivity contribution in [3.8, 4) is 0 Å². The number of rotatable bonds is 3. The number of nitrogens with zero attached hydrogens (tertiary/aromatic N) is 1. The molecule has 1 aliphatic rings. The van der Waals surface area contributed by atoms with Gasteiger partial charge >= 0.3 is 0 Å². The van der Waals surface area contributed by atoms with Crippen LogP contribution in [-0.4, -0.2) is 10.0 Å². The maximum absolute atomic E-state index is 11.0. The minimum Gasteiger partial charge on any atom is -0.363 e. The molecule has 1 aliphatic heterocycles. The Morgan fingerprint density at radius 3 is 3.15 bits per heavy atom. The second-order valence-corrected chi connectivity index (χ2v) is 3.93. The van der Waals surface area contributed by atoms with E-state index in [1.54, 1.807) is 28.8 Å². The largest absolute Gasteiger partial charge is 0.363 e. The highest BCUT2D eigenvalue weighted by molar-refractivity contribution is 14.1. The van der Waals surface area contributed by atoms with Gasteiger partial charge in [0, 0.05) is 35.2 Å². The zero-order valence-electron chi connectivity index (χ0n) is 6.76. The fraction of sp³-hybridized carbons (Fsp3) is 0.250. The van der Waals surface area contributed by atoms with Crippen LogP contribution in [0.25, 0.3) is 0 Å². The van der Waals surface area contributed by atoms with Crippen LogP contribution < -0.4 is 5.32 Å². The molecule has 5 heteroatoms. The fourth-order valence-corrected chi connectivity index (χ4v) is 1.54. The van der Waals surface area contributed by atoms with Crippen molar-refractivity contribution >= 4 is 44.2 Å². The quantitative estimate of drug-likeness (QED) is 0.493. The van der Waals surface area contributed by atoms with E-state index in [0.717, 1.165) is 5.70 Å². The number of hydrogen-bond donors (Lipinski definition) is 1. The molecule has 0 aliphatic carbocycles. The Morgan fingerprint density at radius 1 is 1.92 bits per heavy atom. The lowest BCUT2D eigenvalue weighted by molar-refractivity contribution is -0.111. The molecule has 0 aromatic heterocycles. The van der Waals surface area contributed by atoms with Crippen LogP contribution in [-0.2, 0) is 4.79 Å². The summed E-state index contributed by atoms with van der Waals surface area (Å²) in [4.78, 5) is 14.9. The summed E-state index contributed by atoms with van der Waals surface area (Å²) in [5.41, 5.74) is 0.745. The van der Waals surface area contributed by atoms with E-state index in [4.69, 9.17) is 11.6 Å². The minimum atomic E-state index is -0.175. The van der Waals surface area contributed by atoms with Gasteiger partial charge in [0.25, 0.3) is 0 Å². The predicted octanol–water partition coefficient (Wildman–Crippen LogP) is 2.18. The Labute approximate surface area is 95.1 Å². The Bertz CT molecular complexity index is 299. The Balaban J connectivity index is 2.77. The van der Waals surface area contributed by atoms with Gasteiger partial charge in [-0.15, -0.1) is 0 Å². The van der Waals surface area contributed by atoms with Crippen LogP contribution in [0.1, 0.15) is 6.42 Å². The van der Waals surface area contributed by atoms with Crippen LogP contribution in [0.15, 0.2) is 28.6 Å². The van der Waals surface area contributed by atoms with Crippen molar-refractivity contribution in [2.24, 2.45) is 10.9 Å². The van der Waals surface area contributed by atoms with E-state index in [-0.39, 0.29) is 9.71 Å². The van der Waals surface area contributed by atoms with E-state index in [1.807, 2.05) is 0 Å². The lowest BCUT2D eigenvalue weighted by atomic mass is 10.1. The molecule has 0 saturated carbocycles. The molecule has 0 radical (unpaired) electrons. The first kappa shape index (κ1) is 10.7. The molecular weight excluding hydrogens is 302 g/mol. The number of halogens is 2. The van der Waals surface area contributed by atoms with Crippen molar-refractivity contribution in [1.82, 2.24) is 5.32 Å². The summed E-state index contributed by atoms with van der Waals surface area (Å²) in [5.74, 6) is -0.175. The van der Waals surface area contributed by atoms with Crippen LogP contribution in [0.4, 0.5) is 0 Å². The highest BCUT2D eigenvalue weighted by Gasteiger charge is 2.20. The van der Waals surface area contributed by atoms with Crippen LogP contribution in [0, 0.1) is 5.92 Å². The van der Waals surface area contributed by atoms with Crippen LogP contribution in [0.3, 0.4) is 0 Å². The van der Waals surface area contributed by atoms with Gasteiger partial charge in [0.1, 0.15) is 5.16 Å². The summed E-state index contributed by atoms with van der Waals surface area (Å²) in [6.45, 7) is 3.52. The molecule has 1 atom stereocenters. The fourth-order valence-electron chi connectivity index (χ4n) is 0.971. The van der Waals surface area contributed by atoms with Gasteiger partial charge in [0.15, 0.2) is 0 Å². The van der Waals surface area contributed by atoms with Crippen molar-refractivity contribution in [1.29, 1.82) is 0 Å². The first-order chi connectivity index (χ1) is 6.15. The summed E-state index contributed by atoms with van der Waals surface area (Å²) in [6.07, 6.45) is 3.66. The van der Waals surface area contributed by atoms with Gasteiger partial charge in [0.05, 0.1) is 11.6 Å². The van der Waals surface area contributed by atoms with E-state index in [1.165, 1.54) is 6.20 Å². The molecule has 0 bridgehead atoms. The van der Waals surface area contributed by atoms with Crippen molar-refractivity contribution < 1.29 is 4.79 Å². The Kier molecular flexibility index (Phi) is 3.92. The van der Waals surface area contributed by atoms with Gasteiger partial charge in [-0.2, -0.15) is 0 Å². The third-order valence-corrected chi connectivity index (χ3v) is 2.73. The number of carbonyl (C=O) groups is 1. The zero-order chi connectivity index (χ0) is 9.84. The van der Waals surface area contributed by atoms with E-state index in [2.05, 4.69) is 16.9 Å². The summed E-state index contributed by atoms with van der Waals surface area (Å²) >= 11 is 7.55. The summed E-state index contributed by atoms with van der Waals surface area (Å²) in [7, 11) is 0. The molecule has 1 N–H and O–H groups in total. The van der Waals surface area contributed by atoms with Gasteiger partial charge in [-0.1, -0.05) is 18.2 Å². The summed E-state index contributed by atoms with van der Waals surface area (Å²) in [6, 6.07) is 0. The maximum atomic E-state index is 11.0. The topological polar surface area (TPSA) is 41.5 Å². The number of allylic oxidation sites excluding steroid dienone is 1. The third-order valence-electron chi connectivity index (χ3n) is 1.61. The molecule has 13 heavy (non-hydrogen) atoms. The monoisotopic (exact) mass is 310 g/mol. The Morgan fingerprint density at radius 2 is 2.62 bits per heavy atom. The average Bonchev–Trinajstić information content (AvgIpc) is 2.08. The second-order valence-electron chi connectivity index (χ2n) is 2.51. The molecule has 0 amide bonds. The van der Waals surface area contributed by atoms with Crippen molar-refractivity contribution in [2.75, 3.05) is 0 Å². The predicted molar refractivity (Wildman–Crippen MR) is 61.8 cm³/mol. The number of aliphatic imine (C=N–C) groups is 1. The molecule has 0 fully saturated rings. The van der Waals surface area contributed by atoms with Gasteiger partial charge < -0.3 is 5.32 Å². The second kappa shape index (κ2) is 4.76. The summed E-state index contributed by atoms with van der Waals surface area (Å²) in [5, 5.41) is 3.26. The maximum Gasteiger partial charge on any atom is 0.201 e. The molecule has 0 saturated heterocycles. The van der Waals surface area contributed by atoms with Crippen molar-refractivity contribution in [3.63, 3.8) is 0 Å². The molecule has 0 aromatic carbocycles. The van der Waals surface area contributed by atoms with Gasteiger partial charge in [-0.25, -0.2) is 4.99 Å². The summed E-state index contributed by atoms with van der Waals surface area (Å²) < 4.78 is 0.0638. The SMILES string of the molecule is C=CNC1=C(Cl)N=CC(C(=O)I)C1. The van der Waals surface area contributed by atoms with Crippen LogP contribution in [0.5, 0.6) is 0 Å².